The molecular weight excluding hydrogens is 296 g/mol. The molecule has 0 saturated carbocycles. The molecule has 0 atom stereocenters. The molecule has 0 amide bonds. The van der Waals surface area contributed by atoms with Crippen molar-refractivity contribution in [2.45, 2.75) is 39.0 Å². The smallest absolute Gasteiger partial charge is 0.119 e. The van der Waals surface area contributed by atoms with Crippen molar-refractivity contribution in [1.29, 1.82) is 0 Å². The summed E-state index contributed by atoms with van der Waals surface area (Å²) < 4.78 is 0. The number of rotatable bonds is 2. The minimum Gasteiger partial charge on any atom is -0.508 e. The monoisotopic (exact) mass is 320 g/mol. The first-order valence-corrected chi connectivity index (χ1v) is 8.36. The summed E-state index contributed by atoms with van der Waals surface area (Å²) in [5.41, 5.74) is 5.82. The van der Waals surface area contributed by atoms with E-state index in [0.29, 0.717) is 11.5 Å². The third kappa shape index (κ3) is 3.38. The van der Waals surface area contributed by atoms with E-state index >= 15 is 0 Å². The fourth-order valence-corrected chi connectivity index (χ4v) is 3.12. The summed E-state index contributed by atoms with van der Waals surface area (Å²) in [6, 6.07) is 13.3. The highest BCUT2D eigenvalue weighted by Gasteiger charge is 2.19. The van der Waals surface area contributed by atoms with Crippen molar-refractivity contribution in [3.63, 3.8) is 0 Å². The van der Waals surface area contributed by atoms with Gasteiger partial charge in [-0.15, -0.1) is 0 Å². The van der Waals surface area contributed by atoms with Gasteiger partial charge in [0.2, 0.25) is 0 Å². The van der Waals surface area contributed by atoms with E-state index in [1.807, 2.05) is 18.2 Å². The Kier molecular flexibility index (Phi) is 4.23. The normalized spacial score (nSPS) is 15.0. The van der Waals surface area contributed by atoms with E-state index in [-0.39, 0.29) is 5.41 Å². The average molecular weight is 320 g/mol. The third-order valence-electron chi connectivity index (χ3n) is 4.55. The van der Waals surface area contributed by atoms with Crippen molar-refractivity contribution in [3.05, 3.63) is 71.3 Å². The summed E-state index contributed by atoms with van der Waals surface area (Å²) in [4.78, 5) is 0. The standard InChI is InChI=1S/C22H24O2/c1-22(2,3)20-14-18(10-13-21(20)24)17-6-4-15(5-7-17)16-8-11-19(23)12-9-16/h4,7-14,23-24H,5-6H2,1-3H3. The molecule has 0 spiro atoms. The number of benzene rings is 2. The maximum atomic E-state index is 10.1. The first-order valence-electron chi connectivity index (χ1n) is 8.36. The van der Waals surface area contributed by atoms with Crippen LogP contribution in [0.15, 0.2) is 54.6 Å². The van der Waals surface area contributed by atoms with Crippen molar-refractivity contribution in [1.82, 2.24) is 0 Å². The molecule has 2 heteroatoms. The van der Waals surface area contributed by atoms with Gasteiger partial charge < -0.3 is 10.2 Å². The number of aromatic hydroxyl groups is 2. The first kappa shape index (κ1) is 16.4. The summed E-state index contributed by atoms with van der Waals surface area (Å²) in [5, 5.41) is 19.5. The number of phenols is 2. The van der Waals surface area contributed by atoms with Gasteiger partial charge in [0.1, 0.15) is 11.5 Å². The van der Waals surface area contributed by atoms with Gasteiger partial charge in [-0.2, -0.15) is 0 Å². The predicted molar refractivity (Wildman–Crippen MR) is 100 cm³/mol. The van der Waals surface area contributed by atoms with Crippen molar-refractivity contribution in [3.8, 4) is 11.5 Å². The number of phenolic OH excluding ortho intramolecular Hbond substituents is 2. The van der Waals surface area contributed by atoms with E-state index in [1.54, 1.807) is 18.2 Å². The van der Waals surface area contributed by atoms with E-state index in [4.69, 9.17) is 0 Å². The van der Waals surface area contributed by atoms with Crippen LogP contribution in [0.25, 0.3) is 11.1 Å². The molecule has 124 valence electrons. The molecular formula is C22H24O2. The molecule has 24 heavy (non-hydrogen) atoms. The Morgan fingerprint density at radius 2 is 1.29 bits per heavy atom. The van der Waals surface area contributed by atoms with Crippen LogP contribution < -0.4 is 0 Å². The van der Waals surface area contributed by atoms with E-state index in [9.17, 15) is 10.2 Å². The zero-order chi connectivity index (χ0) is 17.3. The van der Waals surface area contributed by atoms with Crippen LogP contribution in [-0.2, 0) is 5.41 Å². The highest BCUT2D eigenvalue weighted by Crippen LogP contribution is 2.36. The van der Waals surface area contributed by atoms with Gasteiger partial charge in [0.15, 0.2) is 0 Å². The van der Waals surface area contributed by atoms with Crippen LogP contribution in [0.2, 0.25) is 0 Å². The second-order valence-corrected chi connectivity index (χ2v) is 7.40. The molecule has 2 aromatic rings. The van der Waals surface area contributed by atoms with Gasteiger partial charge in [-0.1, -0.05) is 51.1 Å². The van der Waals surface area contributed by atoms with Gasteiger partial charge in [-0.25, -0.2) is 0 Å². The van der Waals surface area contributed by atoms with Crippen LogP contribution in [0, 0.1) is 0 Å². The third-order valence-corrected chi connectivity index (χ3v) is 4.55. The fraction of sp³-hybridized carbons (Fsp3) is 0.273. The second kappa shape index (κ2) is 6.20. The minimum absolute atomic E-state index is 0.0810. The van der Waals surface area contributed by atoms with Gasteiger partial charge in [-0.3, -0.25) is 0 Å². The summed E-state index contributed by atoms with van der Waals surface area (Å²) in [5.74, 6) is 0.660. The molecule has 0 radical (unpaired) electrons. The van der Waals surface area contributed by atoms with E-state index < -0.39 is 0 Å². The van der Waals surface area contributed by atoms with Crippen molar-refractivity contribution in [2.75, 3.05) is 0 Å². The molecule has 0 unspecified atom stereocenters. The van der Waals surface area contributed by atoms with E-state index in [0.717, 1.165) is 24.0 Å². The largest absolute Gasteiger partial charge is 0.508 e. The van der Waals surface area contributed by atoms with Gasteiger partial charge in [0.05, 0.1) is 0 Å². The Morgan fingerprint density at radius 3 is 1.83 bits per heavy atom. The Hall–Kier alpha value is -2.48. The van der Waals surface area contributed by atoms with Crippen molar-refractivity contribution >= 4 is 11.1 Å². The fourth-order valence-electron chi connectivity index (χ4n) is 3.12. The molecule has 1 aliphatic carbocycles. The Bertz CT molecular complexity index is 803. The van der Waals surface area contributed by atoms with Crippen LogP contribution in [-0.4, -0.2) is 10.2 Å². The zero-order valence-corrected chi connectivity index (χ0v) is 14.5. The Balaban J connectivity index is 1.83. The SMILES string of the molecule is CC(C)(C)c1cc(C2=CCC(c3ccc(O)cc3)=CC2)ccc1O. The van der Waals surface area contributed by atoms with Crippen molar-refractivity contribution in [2.24, 2.45) is 0 Å². The van der Waals surface area contributed by atoms with Gasteiger partial charge in [0, 0.05) is 0 Å². The van der Waals surface area contributed by atoms with Gasteiger partial charge >= 0.3 is 0 Å². The lowest BCUT2D eigenvalue weighted by molar-refractivity contribution is 0.446. The van der Waals surface area contributed by atoms with Crippen LogP contribution in [0.1, 0.15) is 50.3 Å². The van der Waals surface area contributed by atoms with Crippen LogP contribution in [0.3, 0.4) is 0 Å². The highest BCUT2D eigenvalue weighted by molar-refractivity contribution is 5.78. The van der Waals surface area contributed by atoms with Crippen molar-refractivity contribution < 1.29 is 10.2 Å². The van der Waals surface area contributed by atoms with E-state index in [2.05, 4.69) is 39.0 Å². The molecule has 0 fully saturated rings. The predicted octanol–water partition coefficient (Wildman–Crippen LogP) is 5.66. The maximum Gasteiger partial charge on any atom is 0.119 e. The van der Waals surface area contributed by atoms with E-state index in [1.165, 1.54) is 16.7 Å². The van der Waals surface area contributed by atoms with Gasteiger partial charge in [-0.05, 0) is 70.4 Å². The molecule has 0 saturated heterocycles. The summed E-state index contributed by atoms with van der Waals surface area (Å²) in [6.45, 7) is 6.34. The minimum atomic E-state index is -0.0810. The van der Waals surface area contributed by atoms with Crippen LogP contribution >= 0.6 is 0 Å². The lowest BCUT2D eigenvalue weighted by Gasteiger charge is -2.22. The molecule has 1 aliphatic rings. The molecule has 0 aliphatic heterocycles. The first-order chi connectivity index (χ1) is 11.3. The Labute approximate surface area is 143 Å². The number of hydrogen-bond acceptors (Lipinski definition) is 2. The lowest BCUT2D eigenvalue weighted by atomic mass is 9.83. The average Bonchev–Trinajstić information content (AvgIpc) is 2.55. The molecule has 0 bridgehead atoms. The molecule has 2 nitrogen and oxygen atoms in total. The second-order valence-electron chi connectivity index (χ2n) is 7.40. The maximum absolute atomic E-state index is 10.1. The molecule has 0 aromatic heterocycles. The molecule has 2 aromatic carbocycles. The Morgan fingerprint density at radius 1 is 0.750 bits per heavy atom. The molecule has 3 rings (SSSR count). The molecule has 0 heterocycles. The summed E-state index contributed by atoms with van der Waals surface area (Å²) >= 11 is 0. The van der Waals surface area contributed by atoms with Crippen LogP contribution in [0.4, 0.5) is 0 Å². The number of allylic oxidation sites excluding steroid dienone is 4. The number of hydrogen-bond donors (Lipinski definition) is 2. The molecule has 2 N–H and O–H groups in total. The topological polar surface area (TPSA) is 40.5 Å². The lowest BCUT2D eigenvalue weighted by Crippen LogP contribution is -2.11. The summed E-state index contributed by atoms with van der Waals surface area (Å²) in [6.07, 6.45) is 6.28. The quantitative estimate of drug-likeness (QED) is 0.750. The zero-order valence-electron chi connectivity index (χ0n) is 14.5. The summed E-state index contributed by atoms with van der Waals surface area (Å²) in [7, 11) is 0. The van der Waals surface area contributed by atoms with Crippen LogP contribution in [0.5, 0.6) is 11.5 Å². The highest BCUT2D eigenvalue weighted by atomic mass is 16.3. The van der Waals surface area contributed by atoms with Gasteiger partial charge in [0.25, 0.3) is 0 Å².